The fourth-order valence-corrected chi connectivity index (χ4v) is 3.48. The maximum atomic E-state index is 11.2. The molecule has 0 spiro atoms. The second kappa shape index (κ2) is 31.3. The Morgan fingerprint density at radius 3 is 1.24 bits per heavy atom. The maximum Gasteiger partial charge on any atom is 0.322 e. The normalized spacial score (nSPS) is 10.8. The number of nitrogens with two attached hydrogens (primary N) is 2. The van der Waals surface area contributed by atoms with Crippen LogP contribution in [-0.4, -0.2) is 79.6 Å². The Bertz CT molecular complexity index is 1260. The van der Waals surface area contributed by atoms with Crippen LogP contribution in [0.4, 0.5) is 0 Å². The molecule has 0 aromatic carbocycles. The van der Waals surface area contributed by atoms with Gasteiger partial charge in [-0.15, -0.1) is 0 Å². The first kappa shape index (κ1) is 54.5. The summed E-state index contributed by atoms with van der Waals surface area (Å²) in [5.41, 5.74) is 15.2. The number of carboxylic acids is 1. The first-order chi connectivity index (χ1) is 22.0. The van der Waals surface area contributed by atoms with Crippen molar-refractivity contribution in [2.24, 2.45) is 17.4 Å². The van der Waals surface area contributed by atoms with E-state index in [4.69, 9.17) is 42.7 Å². The molecule has 0 unspecified atom stereocenters. The van der Waals surface area contributed by atoms with Crippen molar-refractivity contribution in [1.29, 1.82) is 10.8 Å². The van der Waals surface area contributed by atoms with Crippen molar-refractivity contribution < 1.29 is 44.3 Å². The molecule has 3 atom stereocenters. The molecule has 0 aliphatic rings. The zero-order valence-corrected chi connectivity index (χ0v) is 27.3. The molecule has 0 amide bonds. The topological polar surface area (TPSA) is 359 Å². The van der Waals surface area contributed by atoms with Crippen molar-refractivity contribution in [3.05, 3.63) is 88.8 Å². The van der Waals surface area contributed by atoms with Crippen molar-refractivity contribution in [2.75, 3.05) is 14.2 Å². The highest BCUT2D eigenvalue weighted by molar-refractivity contribution is 5.75. The third kappa shape index (κ3) is 21.8. The van der Waals surface area contributed by atoms with Crippen LogP contribution in [0.1, 0.15) is 55.5 Å². The third-order valence-corrected chi connectivity index (χ3v) is 6.02. The Morgan fingerprint density at radius 2 is 0.980 bits per heavy atom. The number of pyridine rings is 3. The lowest BCUT2D eigenvalue weighted by molar-refractivity contribution is -0.145. The molecular formula is C32H55N9O9. The van der Waals surface area contributed by atoms with Crippen LogP contribution in [0, 0.1) is 16.7 Å². The molecule has 0 fully saturated rings. The number of carbonyl (C=O) groups is 3. The predicted molar refractivity (Wildman–Crippen MR) is 185 cm³/mol. The number of esters is 2. The fourth-order valence-electron chi connectivity index (χ4n) is 3.48. The Kier molecular flexibility index (Phi) is 34.1. The van der Waals surface area contributed by atoms with Gasteiger partial charge in [0.2, 0.25) is 0 Å². The highest BCUT2D eigenvalue weighted by Gasteiger charge is 2.15. The zero-order valence-electron chi connectivity index (χ0n) is 27.3. The van der Waals surface area contributed by atoms with Crippen molar-refractivity contribution in [1.82, 2.24) is 27.3 Å². The van der Waals surface area contributed by atoms with Gasteiger partial charge in [-0.25, -0.2) is 0 Å². The number of hydrogen-bond donors (Lipinski definition) is 8. The van der Waals surface area contributed by atoms with Gasteiger partial charge in [-0.2, -0.15) is 0 Å². The number of rotatable bonds is 12. The average molecular weight is 710 g/mol. The van der Waals surface area contributed by atoms with Gasteiger partial charge in [0.25, 0.3) is 0 Å². The van der Waals surface area contributed by atoms with Crippen LogP contribution in [0.25, 0.3) is 0 Å². The molecular weight excluding hydrogens is 654 g/mol. The van der Waals surface area contributed by atoms with Crippen LogP contribution in [0.2, 0.25) is 0 Å². The van der Waals surface area contributed by atoms with Crippen LogP contribution < -0.4 is 23.8 Å². The van der Waals surface area contributed by atoms with E-state index in [1.54, 1.807) is 42.7 Å². The van der Waals surface area contributed by atoms with E-state index in [0.29, 0.717) is 29.9 Å². The van der Waals surface area contributed by atoms with Crippen LogP contribution >= 0.6 is 0 Å². The summed E-state index contributed by atoms with van der Waals surface area (Å²) in [6.45, 7) is 1.53. The Morgan fingerprint density at radius 1 is 0.660 bits per heavy atom. The standard InChI is InChI=1S/C11H15NO3.C10H14N2O3.C9H12N2O3.2CH4.N2.2H3N/c1-8(11(14)15-2)5-9-3-4-10(7-13)12-6-9;1-15-10(14)9(11)4-7-2-3-8(6-13)12-5-7;10-8(9(13)14)3-6-1-2-7(5-12)11-4-6;;;1-2;;/h3-4,6,8,13H,5,7H2,1-2H3;2-3,5,9,13H,4,6,11H2,1H3;1-2,4,8,12H,3,5,10H2,(H,13,14);2*1H4;;2*1H3/t8-;9-;8-;;;;;/m000...../s1. The highest BCUT2D eigenvalue weighted by atomic mass is 16.5. The van der Waals surface area contributed by atoms with Gasteiger partial charge in [0, 0.05) is 29.4 Å². The molecule has 0 aliphatic heterocycles. The van der Waals surface area contributed by atoms with E-state index < -0.39 is 24.0 Å². The Hall–Kier alpha value is -5.00. The maximum absolute atomic E-state index is 11.2. The molecule has 3 heterocycles. The lowest BCUT2D eigenvalue weighted by atomic mass is 10.0. The largest absolute Gasteiger partial charge is 0.480 e. The molecule has 282 valence electrons. The number of carboxylic acid groups (broad SMARTS) is 1. The molecule has 50 heavy (non-hydrogen) atoms. The minimum absolute atomic E-state index is 0. The number of aliphatic carboxylic acids is 1. The smallest absolute Gasteiger partial charge is 0.322 e. The van der Waals surface area contributed by atoms with E-state index in [1.807, 2.05) is 13.0 Å². The lowest BCUT2D eigenvalue weighted by Gasteiger charge is -2.08. The predicted octanol–water partition coefficient (Wildman–Crippen LogP) is 1.70. The highest BCUT2D eigenvalue weighted by Crippen LogP contribution is 2.10. The third-order valence-electron chi connectivity index (χ3n) is 6.02. The van der Waals surface area contributed by atoms with E-state index in [9.17, 15) is 14.4 Å². The first-order valence-electron chi connectivity index (χ1n) is 13.7. The van der Waals surface area contributed by atoms with Crippen molar-refractivity contribution >= 4 is 17.9 Å². The number of aliphatic hydroxyl groups is 3. The van der Waals surface area contributed by atoms with Crippen LogP contribution in [0.15, 0.2) is 55.0 Å². The monoisotopic (exact) mass is 709 g/mol. The van der Waals surface area contributed by atoms with Crippen LogP contribution in [-0.2, 0) is 62.9 Å². The minimum atomic E-state index is -1.03. The van der Waals surface area contributed by atoms with E-state index >= 15 is 0 Å². The van der Waals surface area contributed by atoms with Crippen molar-refractivity contribution in [3.63, 3.8) is 0 Å². The average Bonchev–Trinajstić information content (AvgIpc) is 3.09. The SMILES string of the molecule is C.C.COC(=O)[C@@H](C)Cc1ccc(CO)nc1.COC(=O)[C@@H](N)Cc1ccc(CO)nc1.N.N.N#N.N[C@@H](Cc1ccc(CO)nc1)C(=O)O. The second-order valence-electron chi connectivity index (χ2n) is 9.56. The number of nitrogens with zero attached hydrogens (tertiary/aromatic N) is 5. The van der Waals surface area contributed by atoms with Gasteiger partial charge in [0.05, 0.1) is 57.0 Å². The molecule has 0 bridgehead atoms. The molecule has 14 N–H and O–H groups in total. The summed E-state index contributed by atoms with van der Waals surface area (Å²) >= 11 is 0. The second-order valence-corrected chi connectivity index (χ2v) is 9.56. The zero-order chi connectivity index (χ0) is 35.1. The van der Waals surface area contributed by atoms with E-state index in [1.165, 1.54) is 20.4 Å². The van der Waals surface area contributed by atoms with Gasteiger partial charge in [-0.05, 0) is 54.2 Å². The number of aromatic nitrogens is 3. The van der Waals surface area contributed by atoms with Crippen LogP contribution in [0.3, 0.4) is 0 Å². The number of ether oxygens (including phenoxy) is 2. The van der Waals surface area contributed by atoms with E-state index in [2.05, 4.69) is 24.4 Å². The molecule has 0 aliphatic carbocycles. The van der Waals surface area contributed by atoms with Gasteiger partial charge in [0.15, 0.2) is 0 Å². The summed E-state index contributed by atoms with van der Waals surface area (Å²) in [4.78, 5) is 44.6. The Balaban J connectivity index is -0.000000190. The molecule has 3 aromatic heterocycles. The molecule has 18 nitrogen and oxygen atoms in total. The quantitative estimate of drug-likeness (QED) is 0.0979. The van der Waals surface area contributed by atoms with Gasteiger partial charge in [-0.1, -0.05) is 40.0 Å². The molecule has 3 aromatic rings. The van der Waals surface area contributed by atoms with Crippen molar-refractivity contribution in [2.45, 2.75) is 72.9 Å². The summed E-state index contributed by atoms with van der Waals surface area (Å²) < 4.78 is 9.13. The van der Waals surface area contributed by atoms with Gasteiger partial charge >= 0.3 is 17.9 Å². The molecule has 0 radical (unpaired) electrons. The minimum Gasteiger partial charge on any atom is -0.480 e. The molecule has 3 rings (SSSR count). The van der Waals surface area contributed by atoms with Crippen molar-refractivity contribution in [3.8, 4) is 0 Å². The summed E-state index contributed by atoms with van der Waals surface area (Å²) in [5.74, 6) is -1.87. The molecule has 0 saturated carbocycles. The Labute approximate surface area is 293 Å². The fraction of sp³-hybridized carbons (Fsp3) is 0.438. The van der Waals surface area contributed by atoms with E-state index in [0.717, 1.165) is 16.7 Å². The van der Waals surface area contributed by atoms with E-state index in [-0.39, 0.29) is 65.3 Å². The van der Waals surface area contributed by atoms with Gasteiger partial charge < -0.3 is 53.7 Å². The molecule has 0 saturated heterocycles. The summed E-state index contributed by atoms with van der Waals surface area (Å²) in [6, 6.07) is 8.86. The number of hydrogen-bond acceptors (Lipinski definition) is 17. The number of aliphatic hydroxyl groups excluding tert-OH is 3. The van der Waals surface area contributed by atoms with Gasteiger partial charge in [-0.3, -0.25) is 29.3 Å². The number of methoxy groups -OCH3 is 2. The summed E-state index contributed by atoms with van der Waals surface area (Å²) in [7, 11) is 2.68. The first-order valence-corrected chi connectivity index (χ1v) is 13.7. The van der Waals surface area contributed by atoms with Crippen LogP contribution in [0.5, 0.6) is 0 Å². The summed E-state index contributed by atoms with van der Waals surface area (Å²) in [5, 5.41) is 46.9. The summed E-state index contributed by atoms with van der Waals surface area (Å²) in [6.07, 6.45) is 6.01. The lowest BCUT2D eigenvalue weighted by Crippen LogP contribution is -2.33. The molecule has 18 heteroatoms. The van der Waals surface area contributed by atoms with Gasteiger partial charge in [0.1, 0.15) is 12.1 Å². The number of carbonyl (C=O) groups excluding carboxylic acids is 2.